The van der Waals surface area contributed by atoms with E-state index in [1.165, 1.54) is 6.42 Å². The van der Waals surface area contributed by atoms with Gasteiger partial charge < -0.3 is 0 Å². The van der Waals surface area contributed by atoms with Gasteiger partial charge in [-0.05, 0) is 26.8 Å². The van der Waals surface area contributed by atoms with E-state index < -0.39 is 0 Å². The van der Waals surface area contributed by atoms with Crippen molar-refractivity contribution in [3.8, 4) is 0 Å². The topological polar surface area (TPSA) is 6.48 Å². The van der Waals surface area contributed by atoms with Gasteiger partial charge in [0, 0.05) is 18.6 Å². The Bertz CT molecular complexity index is 134. The fraction of sp³-hybridized carbons (Fsp3) is 0.900. The van der Waals surface area contributed by atoms with E-state index in [4.69, 9.17) is 0 Å². The molecular weight excluding hydrogens is 148 g/mol. The van der Waals surface area contributed by atoms with Crippen LogP contribution in [-0.4, -0.2) is 35.0 Å². The fourth-order valence-electron chi connectivity index (χ4n) is 1.69. The van der Waals surface area contributed by atoms with Crippen molar-refractivity contribution in [3.05, 3.63) is 6.67 Å². The molecule has 2 radical (unpaired) electrons. The molecule has 2 nitrogen and oxygen atoms in total. The molecule has 1 aliphatic heterocycles. The average Bonchev–Trinajstić information content (AvgIpc) is 2.47. The first-order chi connectivity index (χ1) is 5.69. The zero-order chi connectivity index (χ0) is 9.14. The quantitative estimate of drug-likeness (QED) is 0.634. The molecule has 1 rings (SSSR count). The van der Waals surface area contributed by atoms with Crippen LogP contribution < -0.4 is 0 Å². The van der Waals surface area contributed by atoms with Crippen LogP contribution in [-0.2, 0) is 0 Å². The van der Waals surface area contributed by atoms with Gasteiger partial charge in [-0.3, -0.25) is 9.80 Å². The monoisotopic (exact) mass is 168 g/mol. The highest BCUT2D eigenvalue weighted by Gasteiger charge is 2.30. The zero-order valence-corrected chi connectivity index (χ0v) is 8.67. The van der Waals surface area contributed by atoms with Crippen LogP contribution in [0.15, 0.2) is 0 Å². The smallest absolute Gasteiger partial charge is 0.147 e. The summed E-state index contributed by atoms with van der Waals surface area (Å²) in [5, 5.41) is 0. The molecular formula is C10H20N2. The molecule has 0 amide bonds. The van der Waals surface area contributed by atoms with Crippen LogP contribution in [0.4, 0.5) is 0 Å². The Balaban J connectivity index is 2.50. The lowest BCUT2D eigenvalue weighted by atomic mass is 10.2. The van der Waals surface area contributed by atoms with Gasteiger partial charge in [-0.25, -0.2) is 0 Å². The molecule has 1 saturated heterocycles. The second-order valence-electron chi connectivity index (χ2n) is 3.70. The first kappa shape index (κ1) is 10.0. The molecule has 2 heteroatoms. The second kappa shape index (κ2) is 4.24. The van der Waals surface area contributed by atoms with Gasteiger partial charge in [0.15, 0.2) is 0 Å². The minimum atomic E-state index is 0.589. The Hall–Kier alpha value is -0.0800. The normalized spacial score (nSPS) is 27.2. The Morgan fingerprint density at radius 1 is 1.42 bits per heavy atom. The van der Waals surface area contributed by atoms with Crippen LogP contribution >= 0.6 is 0 Å². The highest BCUT2D eigenvalue weighted by molar-refractivity contribution is 4.89. The highest BCUT2D eigenvalue weighted by atomic mass is 15.4. The summed E-state index contributed by atoms with van der Waals surface area (Å²) >= 11 is 0. The Kier molecular flexibility index (Phi) is 3.53. The maximum Gasteiger partial charge on any atom is 0.147 e. The Labute approximate surface area is 76.5 Å². The summed E-state index contributed by atoms with van der Waals surface area (Å²) in [6, 6.07) is 1.27. The Morgan fingerprint density at radius 2 is 2.08 bits per heavy atom. The zero-order valence-electron chi connectivity index (χ0n) is 8.67. The maximum atomic E-state index is 3.41. The highest BCUT2D eigenvalue weighted by Crippen LogP contribution is 2.21. The summed E-state index contributed by atoms with van der Waals surface area (Å²) in [5.41, 5.74) is 0. The van der Waals surface area contributed by atoms with Crippen molar-refractivity contribution >= 4 is 0 Å². The third-order valence-corrected chi connectivity index (χ3v) is 2.49. The van der Waals surface area contributed by atoms with Gasteiger partial charge in [-0.2, -0.15) is 0 Å². The minimum Gasteiger partial charge on any atom is -0.278 e. The standard InChI is InChI=1S/C10H20N2/c1-5-10-7-11(6-2)8-12(10)9(3)4/h9-10H,5-7H2,1-4H3/t10-/m1/s1. The van der Waals surface area contributed by atoms with E-state index in [-0.39, 0.29) is 0 Å². The number of hydrogen-bond acceptors (Lipinski definition) is 2. The SMILES string of the molecule is CC[C@@H]1CN(CC)[C]N1C(C)C. The third kappa shape index (κ3) is 1.99. The third-order valence-electron chi connectivity index (χ3n) is 2.49. The summed E-state index contributed by atoms with van der Waals surface area (Å²) in [4.78, 5) is 4.62. The van der Waals surface area contributed by atoms with Crippen LogP contribution in [0.1, 0.15) is 34.1 Å². The number of rotatable bonds is 3. The van der Waals surface area contributed by atoms with E-state index in [0.717, 1.165) is 13.1 Å². The summed E-state index contributed by atoms with van der Waals surface area (Å²) in [6.45, 7) is 14.5. The molecule has 0 spiro atoms. The molecule has 0 aromatic rings. The lowest BCUT2D eigenvalue weighted by molar-refractivity contribution is 0.231. The number of likely N-dealkylation sites (N-methyl/N-ethyl adjacent to an activating group) is 1. The van der Waals surface area contributed by atoms with Crippen molar-refractivity contribution in [2.24, 2.45) is 0 Å². The lowest BCUT2D eigenvalue weighted by Crippen LogP contribution is -2.33. The molecule has 0 unspecified atom stereocenters. The molecule has 0 aromatic carbocycles. The predicted molar refractivity (Wildman–Crippen MR) is 51.5 cm³/mol. The van der Waals surface area contributed by atoms with Crippen molar-refractivity contribution in [2.45, 2.75) is 46.2 Å². The molecule has 1 fully saturated rings. The van der Waals surface area contributed by atoms with Gasteiger partial charge in [-0.1, -0.05) is 13.8 Å². The van der Waals surface area contributed by atoms with Crippen molar-refractivity contribution < 1.29 is 0 Å². The first-order valence-corrected chi connectivity index (χ1v) is 4.98. The number of nitrogens with zero attached hydrogens (tertiary/aromatic N) is 2. The van der Waals surface area contributed by atoms with E-state index in [0.29, 0.717) is 12.1 Å². The van der Waals surface area contributed by atoms with Crippen LogP contribution in [0.2, 0.25) is 0 Å². The van der Waals surface area contributed by atoms with E-state index >= 15 is 0 Å². The lowest BCUT2D eigenvalue weighted by Gasteiger charge is -2.24. The van der Waals surface area contributed by atoms with Crippen molar-refractivity contribution in [2.75, 3.05) is 13.1 Å². The summed E-state index contributed by atoms with van der Waals surface area (Å²) in [7, 11) is 0. The molecule has 0 aromatic heterocycles. The van der Waals surface area contributed by atoms with Gasteiger partial charge >= 0.3 is 0 Å². The molecule has 0 saturated carbocycles. The molecule has 1 aliphatic rings. The van der Waals surface area contributed by atoms with Crippen molar-refractivity contribution in [1.29, 1.82) is 0 Å². The summed E-state index contributed by atoms with van der Waals surface area (Å²) in [5.74, 6) is 0. The minimum absolute atomic E-state index is 0.589. The molecule has 0 bridgehead atoms. The van der Waals surface area contributed by atoms with Crippen molar-refractivity contribution in [3.63, 3.8) is 0 Å². The predicted octanol–water partition coefficient (Wildman–Crippen LogP) is 1.81. The van der Waals surface area contributed by atoms with Gasteiger partial charge in [0.25, 0.3) is 0 Å². The van der Waals surface area contributed by atoms with E-state index in [9.17, 15) is 0 Å². The average molecular weight is 168 g/mol. The van der Waals surface area contributed by atoms with Crippen molar-refractivity contribution in [1.82, 2.24) is 9.80 Å². The first-order valence-electron chi connectivity index (χ1n) is 4.98. The van der Waals surface area contributed by atoms with Crippen LogP contribution in [0.3, 0.4) is 0 Å². The molecule has 1 atom stereocenters. The van der Waals surface area contributed by atoms with Crippen LogP contribution in [0.25, 0.3) is 0 Å². The summed E-state index contributed by atoms with van der Waals surface area (Å²) in [6.07, 6.45) is 1.22. The van der Waals surface area contributed by atoms with Gasteiger partial charge in [-0.15, -0.1) is 0 Å². The van der Waals surface area contributed by atoms with Gasteiger partial charge in [0.2, 0.25) is 0 Å². The molecule has 0 N–H and O–H groups in total. The largest absolute Gasteiger partial charge is 0.278 e. The molecule has 1 heterocycles. The number of hydrogen-bond donors (Lipinski definition) is 0. The van der Waals surface area contributed by atoms with Crippen LogP contribution in [0.5, 0.6) is 0 Å². The van der Waals surface area contributed by atoms with Crippen LogP contribution in [0, 0.1) is 6.67 Å². The van der Waals surface area contributed by atoms with E-state index in [1.807, 2.05) is 0 Å². The van der Waals surface area contributed by atoms with E-state index in [1.54, 1.807) is 0 Å². The second-order valence-corrected chi connectivity index (χ2v) is 3.70. The maximum absolute atomic E-state index is 3.41. The summed E-state index contributed by atoms with van der Waals surface area (Å²) < 4.78 is 0. The van der Waals surface area contributed by atoms with Gasteiger partial charge in [0.05, 0.1) is 0 Å². The van der Waals surface area contributed by atoms with E-state index in [2.05, 4.69) is 44.2 Å². The molecule has 70 valence electrons. The van der Waals surface area contributed by atoms with Gasteiger partial charge in [0.1, 0.15) is 6.67 Å². The Morgan fingerprint density at radius 3 is 2.42 bits per heavy atom. The fourth-order valence-corrected chi connectivity index (χ4v) is 1.69. The molecule has 0 aliphatic carbocycles. The molecule has 12 heavy (non-hydrogen) atoms.